The van der Waals surface area contributed by atoms with Crippen LogP contribution in [0.3, 0.4) is 0 Å². The summed E-state index contributed by atoms with van der Waals surface area (Å²) < 4.78 is 7.51. The molecule has 0 bridgehead atoms. The molecule has 4 rings (SSSR count). The molecular weight excluding hydrogens is 326 g/mol. The number of piperidine rings is 1. The van der Waals surface area contributed by atoms with Gasteiger partial charge in [0.15, 0.2) is 0 Å². The molecule has 2 fully saturated rings. The Morgan fingerprint density at radius 1 is 1.15 bits per heavy atom. The number of hydrogen-bond acceptors (Lipinski definition) is 3. The molecule has 0 spiro atoms. The average Bonchev–Trinajstić information content (AvgIpc) is 3.04. The van der Waals surface area contributed by atoms with E-state index in [9.17, 15) is 4.79 Å². The zero-order valence-corrected chi connectivity index (χ0v) is 15.7. The summed E-state index contributed by atoms with van der Waals surface area (Å²) in [5, 5.41) is 1.07. The summed E-state index contributed by atoms with van der Waals surface area (Å²) in [6.45, 7) is 5.66. The van der Waals surface area contributed by atoms with E-state index in [2.05, 4.69) is 26.5 Å². The summed E-state index contributed by atoms with van der Waals surface area (Å²) in [4.78, 5) is 18.0. The number of aromatic nitrogens is 1. The van der Waals surface area contributed by atoms with Crippen LogP contribution in [-0.2, 0) is 11.8 Å². The van der Waals surface area contributed by atoms with E-state index in [1.807, 2.05) is 25.4 Å². The number of benzene rings is 1. The first kappa shape index (κ1) is 17.6. The monoisotopic (exact) mass is 355 g/mol. The highest BCUT2D eigenvalue weighted by atomic mass is 16.5. The minimum atomic E-state index is 0.202. The van der Waals surface area contributed by atoms with Gasteiger partial charge in [0.2, 0.25) is 0 Å². The van der Waals surface area contributed by atoms with E-state index >= 15 is 0 Å². The third-order valence-electron chi connectivity index (χ3n) is 5.90. The number of carbonyl (C=O) groups is 1. The second kappa shape index (κ2) is 7.80. The van der Waals surface area contributed by atoms with Crippen molar-refractivity contribution in [2.45, 2.75) is 31.7 Å². The number of para-hydroxylation sites is 1. The van der Waals surface area contributed by atoms with E-state index in [0.29, 0.717) is 6.04 Å². The number of amides is 1. The molecule has 1 amide bonds. The maximum Gasteiger partial charge on any atom is 0.256 e. The summed E-state index contributed by atoms with van der Waals surface area (Å²) in [5.74, 6) is 0.202. The van der Waals surface area contributed by atoms with E-state index in [1.54, 1.807) is 0 Å². The topological polar surface area (TPSA) is 37.7 Å². The van der Waals surface area contributed by atoms with Crippen LogP contribution < -0.4 is 0 Å². The molecular formula is C21H29N3O2. The van der Waals surface area contributed by atoms with Crippen molar-refractivity contribution in [2.24, 2.45) is 7.05 Å². The third kappa shape index (κ3) is 3.51. The quantitative estimate of drug-likeness (QED) is 0.846. The minimum Gasteiger partial charge on any atom is -0.379 e. The Morgan fingerprint density at radius 3 is 2.81 bits per heavy atom. The lowest BCUT2D eigenvalue weighted by Gasteiger charge is -2.37. The first-order valence-corrected chi connectivity index (χ1v) is 9.89. The molecule has 1 unspecified atom stereocenters. The third-order valence-corrected chi connectivity index (χ3v) is 5.90. The fraction of sp³-hybridized carbons (Fsp3) is 0.571. The number of likely N-dealkylation sites (tertiary alicyclic amines) is 1. The van der Waals surface area contributed by atoms with Crippen LogP contribution >= 0.6 is 0 Å². The smallest absolute Gasteiger partial charge is 0.256 e. The highest BCUT2D eigenvalue weighted by molar-refractivity contribution is 6.07. The molecule has 2 aliphatic heterocycles. The number of hydrogen-bond donors (Lipinski definition) is 0. The molecule has 140 valence electrons. The first-order valence-electron chi connectivity index (χ1n) is 9.89. The van der Waals surface area contributed by atoms with Gasteiger partial charge in [-0.25, -0.2) is 0 Å². The van der Waals surface area contributed by atoms with Gasteiger partial charge in [0, 0.05) is 56.4 Å². The molecule has 0 radical (unpaired) electrons. The lowest BCUT2D eigenvalue weighted by Crippen LogP contribution is -2.46. The van der Waals surface area contributed by atoms with Crippen LogP contribution in [0, 0.1) is 0 Å². The van der Waals surface area contributed by atoms with Crippen LogP contribution in [0.4, 0.5) is 0 Å². The van der Waals surface area contributed by atoms with Gasteiger partial charge in [-0.1, -0.05) is 18.2 Å². The Bertz CT molecular complexity index is 764. The molecule has 1 aromatic carbocycles. The molecule has 26 heavy (non-hydrogen) atoms. The van der Waals surface area contributed by atoms with Crippen LogP contribution in [0.5, 0.6) is 0 Å². The van der Waals surface area contributed by atoms with E-state index < -0.39 is 0 Å². The van der Waals surface area contributed by atoms with Crippen LogP contribution in [0.2, 0.25) is 0 Å². The summed E-state index contributed by atoms with van der Waals surface area (Å²) in [5.41, 5.74) is 1.97. The van der Waals surface area contributed by atoms with Gasteiger partial charge in [0.25, 0.3) is 5.91 Å². The van der Waals surface area contributed by atoms with Crippen molar-refractivity contribution in [3.63, 3.8) is 0 Å². The summed E-state index contributed by atoms with van der Waals surface area (Å²) in [7, 11) is 2.02. The lowest BCUT2D eigenvalue weighted by atomic mass is 9.97. The Balaban J connectivity index is 1.50. The number of rotatable bonds is 4. The van der Waals surface area contributed by atoms with Crippen LogP contribution in [0.1, 0.15) is 36.0 Å². The van der Waals surface area contributed by atoms with Gasteiger partial charge in [-0.15, -0.1) is 0 Å². The van der Waals surface area contributed by atoms with Gasteiger partial charge in [-0.2, -0.15) is 0 Å². The van der Waals surface area contributed by atoms with Gasteiger partial charge >= 0.3 is 0 Å². The SMILES string of the molecule is Cn1cc(C(=O)N2CCCCC2CCN2CCOCC2)c2ccccc21. The van der Waals surface area contributed by atoms with Gasteiger partial charge in [-0.05, 0) is 31.7 Å². The molecule has 0 N–H and O–H groups in total. The van der Waals surface area contributed by atoms with Gasteiger partial charge in [-0.3, -0.25) is 9.69 Å². The number of carbonyl (C=O) groups excluding carboxylic acids is 1. The summed E-state index contributed by atoms with van der Waals surface area (Å²) in [6.07, 6.45) is 6.54. The predicted octanol–water partition coefficient (Wildman–Crippen LogP) is 2.90. The highest BCUT2D eigenvalue weighted by Crippen LogP contribution is 2.27. The van der Waals surface area contributed by atoms with Crippen LogP contribution in [0.25, 0.3) is 10.9 Å². The molecule has 5 nitrogen and oxygen atoms in total. The fourth-order valence-electron chi connectivity index (χ4n) is 4.39. The molecule has 2 aromatic rings. The van der Waals surface area contributed by atoms with Crippen LogP contribution in [0.15, 0.2) is 30.5 Å². The number of morpholine rings is 1. The molecule has 2 saturated heterocycles. The first-order chi connectivity index (χ1) is 12.7. The number of nitrogens with zero attached hydrogens (tertiary/aromatic N) is 3. The maximum absolute atomic E-state index is 13.4. The zero-order valence-electron chi connectivity index (χ0n) is 15.7. The van der Waals surface area contributed by atoms with Gasteiger partial charge < -0.3 is 14.2 Å². The maximum atomic E-state index is 13.4. The number of fused-ring (bicyclic) bond motifs is 1. The van der Waals surface area contributed by atoms with Crippen molar-refractivity contribution in [3.05, 3.63) is 36.0 Å². The largest absolute Gasteiger partial charge is 0.379 e. The predicted molar refractivity (Wildman–Crippen MR) is 103 cm³/mol. The van der Waals surface area contributed by atoms with Crippen molar-refractivity contribution < 1.29 is 9.53 Å². The van der Waals surface area contributed by atoms with E-state index in [-0.39, 0.29) is 5.91 Å². The highest BCUT2D eigenvalue weighted by Gasteiger charge is 2.29. The Labute approximate surface area is 155 Å². The summed E-state index contributed by atoms with van der Waals surface area (Å²) >= 11 is 0. The number of aryl methyl sites for hydroxylation is 1. The van der Waals surface area contributed by atoms with Crippen molar-refractivity contribution in [3.8, 4) is 0 Å². The average molecular weight is 355 g/mol. The minimum absolute atomic E-state index is 0.202. The van der Waals surface area contributed by atoms with Gasteiger partial charge in [0.1, 0.15) is 0 Å². The van der Waals surface area contributed by atoms with Crippen molar-refractivity contribution in [1.29, 1.82) is 0 Å². The van der Waals surface area contributed by atoms with Gasteiger partial charge in [0.05, 0.1) is 18.8 Å². The molecule has 1 atom stereocenters. The number of ether oxygens (including phenoxy) is 1. The second-order valence-corrected chi connectivity index (χ2v) is 7.56. The molecule has 5 heteroatoms. The Kier molecular flexibility index (Phi) is 5.27. The normalized spacial score (nSPS) is 22.0. The van der Waals surface area contributed by atoms with Crippen molar-refractivity contribution in [1.82, 2.24) is 14.4 Å². The summed E-state index contributed by atoms with van der Waals surface area (Å²) in [6, 6.07) is 8.56. The van der Waals surface area contributed by atoms with Crippen LogP contribution in [-0.4, -0.2) is 65.7 Å². The van der Waals surface area contributed by atoms with E-state index in [0.717, 1.165) is 75.1 Å². The zero-order chi connectivity index (χ0) is 17.9. The van der Waals surface area contributed by atoms with Crippen molar-refractivity contribution in [2.75, 3.05) is 39.4 Å². The van der Waals surface area contributed by atoms with Crippen molar-refractivity contribution >= 4 is 16.8 Å². The lowest BCUT2D eigenvalue weighted by molar-refractivity contribution is 0.0296. The Hall–Kier alpha value is -1.85. The molecule has 1 aromatic heterocycles. The fourth-order valence-corrected chi connectivity index (χ4v) is 4.39. The molecule has 2 aliphatic rings. The molecule has 0 aliphatic carbocycles. The van der Waals surface area contributed by atoms with E-state index in [1.165, 1.54) is 6.42 Å². The Morgan fingerprint density at radius 2 is 1.96 bits per heavy atom. The second-order valence-electron chi connectivity index (χ2n) is 7.56. The van der Waals surface area contributed by atoms with E-state index in [4.69, 9.17) is 4.74 Å². The molecule has 3 heterocycles. The standard InChI is InChI=1S/C21H29N3O2/c1-22-16-19(18-7-2-3-8-20(18)22)21(25)24-10-5-4-6-17(24)9-11-23-12-14-26-15-13-23/h2-3,7-8,16-17H,4-6,9-15H2,1H3. The molecule has 0 saturated carbocycles.